The first-order valence-corrected chi connectivity index (χ1v) is 5.22. The quantitative estimate of drug-likeness (QED) is 0.671. The normalized spacial score (nSPS) is 27.6. The van der Waals surface area contributed by atoms with Gasteiger partial charge < -0.3 is 15.5 Å². The van der Waals surface area contributed by atoms with Gasteiger partial charge in [-0.1, -0.05) is 6.92 Å². The predicted molar refractivity (Wildman–Crippen MR) is 57.0 cm³/mol. The Labute approximate surface area is 86.0 Å². The van der Waals surface area contributed by atoms with Gasteiger partial charge in [-0.05, 0) is 24.8 Å². The van der Waals surface area contributed by atoms with Crippen molar-refractivity contribution in [1.29, 1.82) is 0 Å². The number of hydrogen-bond donors (Lipinski definition) is 1. The minimum Gasteiger partial charge on any atom is -0.331 e. The maximum Gasteiger partial charge on any atom is 0.319 e. The van der Waals surface area contributed by atoms with Gasteiger partial charge in [0.1, 0.15) is 0 Å². The molecule has 2 N–H and O–H groups in total. The summed E-state index contributed by atoms with van der Waals surface area (Å²) in [7, 11) is 3.58. The lowest BCUT2D eigenvalue weighted by atomic mass is 9.87. The van der Waals surface area contributed by atoms with Crippen LogP contribution in [0.1, 0.15) is 13.3 Å². The van der Waals surface area contributed by atoms with Crippen LogP contribution in [0.15, 0.2) is 0 Å². The molecule has 1 aliphatic heterocycles. The zero-order valence-electron chi connectivity index (χ0n) is 9.36. The summed E-state index contributed by atoms with van der Waals surface area (Å²) in [6.45, 7) is 4.58. The smallest absolute Gasteiger partial charge is 0.319 e. The third-order valence-electron chi connectivity index (χ3n) is 3.07. The average molecular weight is 199 g/mol. The molecule has 0 spiro atoms. The Kier molecular flexibility index (Phi) is 3.75. The van der Waals surface area contributed by atoms with Crippen molar-refractivity contribution >= 4 is 6.03 Å². The topological polar surface area (TPSA) is 49.6 Å². The molecule has 2 atom stereocenters. The molecule has 0 aromatic carbocycles. The summed E-state index contributed by atoms with van der Waals surface area (Å²) in [5.74, 6) is 1.11. The first-order valence-electron chi connectivity index (χ1n) is 5.22. The van der Waals surface area contributed by atoms with Crippen LogP contribution in [0.25, 0.3) is 0 Å². The third-order valence-corrected chi connectivity index (χ3v) is 3.07. The number of amides is 2. The van der Waals surface area contributed by atoms with Crippen molar-refractivity contribution in [3.05, 3.63) is 0 Å². The Bertz CT molecular complexity index is 206. The van der Waals surface area contributed by atoms with Crippen molar-refractivity contribution in [2.45, 2.75) is 13.3 Å². The predicted octanol–water partition coefficient (Wildman–Crippen LogP) is 0.585. The number of piperidine rings is 1. The third kappa shape index (κ3) is 2.38. The number of nitrogens with two attached hydrogens (primary N) is 1. The van der Waals surface area contributed by atoms with E-state index in [0.29, 0.717) is 18.4 Å². The molecule has 4 heteroatoms. The molecule has 1 fully saturated rings. The number of hydrogen-bond acceptors (Lipinski definition) is 2. The number of urea groups is 1. The second kappa shape index (κ2) is 4.64. The molecule has 0 bridgehead atoms. The zero-order valence-corrected chi connectivity index (χ0v) is 9.36. The van der Waals surface area contributed by atoms with Gasteiger partial charge in [-0.3, -0.25) is 0 Å². The monoisotopic (exact) mass is 199 g/mol. The molecular weight excluding hydrogens is 178 g/mol. The van der Waals surface area contributed by atoms with Crippen LogP contribution in [-0.2, 0) is 0 Å². The largest absolute Gasteiger partial charge is 0.331 e. The van der Waals surface area contributed by atoms with Gasteiger partial charge in [-0.25, -0.2) is 4.79 Å². The zero-order chi connectivity index (χ0) is 10.7. The van der Waals surface area contributed by atoms with Crippen molar-refractivity contribution in [2.75, 3.05) is 33.7 Å². The minimum absolute atomic E-state index is 0.107. The molecule has 4 nitrogen and oxygen atoms in total. The van der Waals surface area contributed by atoms with Crippen molar-refractivity contribution in [1.82, 2.24) is 9.80 Å². The highest BCUT2D eigenvalue weighted by Gasteiger charge is 2.28. The molecule has 0 aliphatic carbocycles. The SMILES string of the molecule is CC1CCN(C(=O)N(C)C)CC1CN. The fraction of sp³-hybridized carbons (Fsp3) is 0.900. The lowest BCUT2D eigenvalue weighted by molar-refractivity contribution is 0.122. The molecule has 1 saturated heterocycles. The average Bonchev–Trinajstić information content (AvgIpc) is 2.17. The highest BCUT2D eigenvalue weighted by molar-refractivity contribution is 5.73. The molecule has 2 unspecified atom stereocenters. The van der Waals surface area contributed by atoms with Crippen LogP contribution in [0.4, 0.5) is 4.79 Å². The molecule has 0 radical (unpaired) electrons. The summed E-state index contributed by atoms with van der Waals surface area (Å²) in [6, 6.07) is 0.107. The first kappa shape index (κ1) is 11.3. The van der Waals surface area contributed by atoms with Gasteiger partial charge >= 0.3 is 6.03 Å². The van der Waals surface area contributed by atoms with Crippen LogP contribution >= 0.6 is 0 Å². The Balaban J connectivity index is 2.54. The fourth-order valence-electron chi connectivity index (χ4n) is 1.91. The highest BCUT2D eigenvalue weighted by atomic mass is 16.2. The molecule has 1 aliphatic rings. The fourth-order valence-corrected chi connectivity index (χ4v) is 1.91. The number of carbonyl (C=O) groups excluding carboxylic acids is 1. The Morgan fingerprint density at radius 1 is 1.57 bits per heavy atom. The number of carbonyl (C=O) groups is 1. The van der Waals surface area contributed by atoms with E-state index in [-0.39, 0.29) is 6.03 Å². The van der Waals surface area contributed by atoms with E-state index in [4.69, 9.17) is 5.73 Å². The summed E-state index contributed by atoms with van der Waals surface area (Å²) in [4.78, 5) is 15.2. The molecule has 0 aromatic heterocycles. The van der Waals surface area contributed by atoms with Crippen molar-refractivity contribution in [3.8, 4) is 0 Å². The molecular formula is C10H21N3O. The van der Waals surface area contributed by atoms with Gasteiger partial charge in [0.15, 0.2) is 0 Å². The van der Waals surface area contributed by atoms with Gasteiger partial charge in [0, 0.05) is 27.2 Å². The van der Waals surface area contributed by atoms with Crippen LogP contribution < -0.4 is 5.73 Å². The van der Waals surface area contributed by atoms with Crippen molar-refractivity contribution in [3.63, 3.8) is 0 Å². The van der Waals surface area contributed by atoms with Crippen LogP contribution in [0.2, 0.25) is 0 Å². The number of rotatable bonds is 1. The van der Waals surface area contributed by atoms with Crippen LogP contribution in [0, 0.1) is 11.8 Å². The molecule has 0 saturated carbocycles. The van der Waals surface area contributed by atoms with E-state index >= 15 is 0 Å². The molecule has 1 rings (SSSR count). The summed E-state index contributed by atoms with van der Waals surface area (Å²) in [6.07, 6.45) is 1.07. The molecule has 1 heterocycles. The van der Waals surface area contributed by atoms with Gasteiger partial charge in [0.25, 0.3) is 0 Å². The number of likely N-dealkylation sites (tertiary alicyclic amines) is 1. The lowest BCUT2D eigenvalue weighted by Crippen LogP contribution is -2.48. The molecule has 2 amide bonds. The highest BCUT2D eigenvalue weighted by Crippen LogP contribution is 2.22. The van der Waals surface area contributed by atoms with E-state index < -0.39 is 0 Å². The Morgan fingerprint density at radius 2 is 2.21 bits per heavy atom. The molecule has 82 valence electrons. The summed E-state index contributed by atoms with van der Waals surface area (Å²) >= 11 is 0. The van der Waals surface area contributed by atoms with Crippen LogP contribution in [0.3, 0.4) is 0 Å². The van der Waals surface area contributed by atoms with E-state index in [0.717, 1.165) is 19.5 Å². The maximum absolute atomic E-state index is 11.7. The Hall–Kier alpha value is -0.770. The van der Waals surface area contributed by atoms with Gasteiger partial charge in [0.05, 0.1) is 0 Å². The van der Waals surface area contributed by atoms with E-state index in [1.54, 1.807) is 19.0 Å². The van der Waals surface area contributed by atoms with Crippen LogP contribution in [0.5, 0.6) is 0 Å². The van der Waals surface area contributed by atoms with E-state index in [2.05, 4.69) is 6.92 Å². The molecule has 14 heavy (non-hydrogen) atoms. The van der Waals surface area contributed by atoms with Gasteiger partial charge in [0.2, 0.25) is 0 Å². The van der Waals surface area contributed by atoms with Crippen molar-refractivity contribution < 1.29 is 4.79 Å². The summed E-state index contributed by atoms with van der Waals surface area (Å²) in [5, 5.41) is 0. The van der Waals surface area contributed by atoms with Crippen LogP contribution in [-0.4, -0.2) is 49.6 Å². The second-order valence-corrected chi connectivity index (χ2v) is 4.38. The van der Waals surface area contributed by atoms with E-state index in [1.165, 1.54) is 0 Å². The second-order valence-electron chi connectivity index (χ2n) is 4.38. The lowest BCUT2D eigenvalue weighted by Gasteiger charge is -2.37. The van der Waals surface area contributed by atoms with Crippen molar-refractivity contribution in [2.24, 2.45) is 17.6 Å². The molecule has 0 aromatic rings. The van der Waals surface area contributed by atoms with Gasteiger partial charge in [-0.2, -0.15) is 0 Å². The standard InChI is InChI=1S/C10H21N3O/c1-8-4-5-13(7-9(8)6-11)10(14)12(2)3/h8-9H,4-7,11H2,1-3H3. The summed E-state index contributed by atoms with van der Waals surface area (Å²) < 4.78 is 0. The van der Waals surface area contributed by atoms with E-state index in [9.17, 15) is 4.79 Å². The van der Waals surface area contributed by atoms with Gasteiger partial charge in [-0.15, -0.1) is 0 Å². The maximum atomic E-state index is 11.7. The van der Waals surface area contributed by atoms with E-state index in [1.807, 2.05) is 4.90 Å². The minimum atomic E-state index is 0.107. The number of nitrogens with zero attached hydrogens (tertiary/aromatic N) is 2. The summed E-state index contributed by atoms with van der Waals surface area (Å²) in [5.41, 5.74) is 5.68. The first-order chi connectivity index (χ1) is 6.56. The Morgan fingerprint density at radius 3 is 2.71 bits per heavy atom.